The monoisotopic (exact) mass is 491 g/mol. The van der Waals surface area contributed by atoms with Gasteiger partial charge in [-0.05, 0) is 75.2 Å². The number of ether oxygens (including phenoxy) is 1. The Balaban J connectivity index is 1.49. The van der Waals surface area contributed by atoms with Gasteiger partial charge in [0.15, 0.2) is 0 Å². The number of primary amides is 1. The van der Waals surface area contributed by atoms with Crippen LogP contribution in [0.5, 0.6) is 0 Å². The van der Waals surface area contributed by atoms with Crippen LogP contribution in [0.1, 0.15) is 42.1 Å². The number of amides is 1. The maximum absolute atomic E-state index is 12.9. The molecule has 1 aromatic carbocycles. The molecule has 182 valence electrons. The van der Waals surface area contributed by atoms with Crippen molar-refractivity contribution < 1.29 is 14.3 Å². The Bertz CT molecular complexity index is 1310. The van der Waals surface area contributed by atoms with Crippen LogP contribution in [-0.4, -0.2) is 53.1 Å². The fourth-order valence-electron chi connectivity index (χ4n) is 4.55. The summed E-state index contributed by atoms with van der Waals surface area (Å²) in [6.07, 6.45) is 8.03. The van der Waals surface area contributed by atoms with Gasteiger partial charge in [0.05, 0.1) is 16.1 Å². The largest absolute Gasteiger partial charge is 0.437 e. The molecule has 5 rings (SSSR count). The number of anilines is 1. The highest BCUT2D eigenvalue weighted by atomic mass is 32.1. The lowest BCUT2D eigenvalue weighted by molar-refractivity contribution is -0.127. The van der Waals surface area contributed by atoms with Gasteiger partial charge in [-0.25, -0.2) is 14.8 Å². The number of carbonyl (C=O) groups is 2. The van der Waals surface area contributed by atoms with Crippen LogP contribution in [0, 0.1) is 6.92 Å². The number of hydrogen-bond donors (Lipinski definition) is 2. The van der Waals surface area contributed by atoms with Crippen molar-refractivity contribution in [3.05, 3.63) is 53.7 Å². The lowest BCUT2D eigenvalue weighted by Gasteiger charge is -2.34. The number of rotatable bonds is 8. The molecule has 0 bridgehead atoms. The van der Waals surface area contributed by atoms with Crippen molar-refractivity contribution >= 4 is 39.2 Å². The minimum Gasteiger partial charge on any atom is -0.437 e. The van der Waals surface area contributed by atoms with Gasteiger partial charge in [-0.1, -0.05) is 13.0 Å². The quantitative estimate of drug-likeness (QED) is 0.366. The normalized spacial score (nSPS) is 16.9. The molecule has 1 fully saturated rings. The van der Waals surface area contributed by atoms with E-state index in [2.05, 4.69) is 17.1 Å². The summed E-state index contributed by atoms with van der Waals surface area (Å²) in [4.78, 5) is 37.6. The summed E-state index contributed by atoms with van der Waals surface area (Å²) in [6, 6.07) is 7.88. The maximum atomic E-state index is 12.9. The Morgan fingerprint density at radius 2 is 2.06 bits per heavy atom. The molecule has 2 aromatic heterocycles. The molecule has 1 saturated heterocycles. The fraction of sp³-hybridized carbons (Fsp3) is 0.385. The molecule has 35 heavy (non-hydrogen) atoms. The van der Waals surface area contributed by atoms with Crippen molar-refractivity contribution in [1.29, 1.82) is 0 Å². The van der Waals surface area contributed by atoms with Gasteiger partial charge in [-0.15, -0.1) is 11.3 Å². The minimum atomic E-state index is -1.40. The summed E-state index contributed by atoms with van der Waals surface area (Å²) in [5.41, 5.74) is 6.22. The number of nitrogens with zero attached hydrogens (tertiary/aromatic N) is 3. The second kappa shape index (κ2) is 9.39. The molecule has 2 aliphatic rings. The molecule has 0 unspecified atom stereocenters. The predicted molar refractivity (Wildman–Crippen MR) is 138 cm³/mol. The molecule has 0 radical (unpaired) electrons. The number of benzene rings is 1. The average molecular weight is 492 g/mol. The standard InChI is InChI=1S/C26H29N5O3S/c1-3-13-31(17-7-11-28-12-8-17)25-29-15-16(2)22(30-25)21-14-19-18(5-4-6-20(19)35-21)23(32)34-26(9-10-26)24(27)33/h4-6,9-10,14-15,17,28H,3,7-8,11-13H2,1-2H3,(H2,27,33). The number of carbonyl (C=O) groups excluding carboxylic acids is 2. The molecular weight excluding hydrogens is 462 g/mol. The van der Waals surface area contributed by atoms with Crippen molar-refractivity contribution in [2.45, 2.75) is 44.8 Å². The van der Waals surface area contributed by atoms with E-state index < -0.39 is 17.5 Å². The highest BCUT2D eigenvalue weighted by Gasteiger charge is 2.45. The van der Waals surface area contributed by atoms with E-state index in [1.165, 1.54) is 12.2 Å². The van der Waals surface area contributed by atoms with E-state index in [1.807, 2.05) is 31.3 Å². The highest BCUT2D eigenvalue weighted by molar-refractivity contribution is 7.22. The third-order valence-corrected chi connectivity index (χ3v) is 7.67. The SMILES string of the molecule is CCCN(c1ncc(C)c(-c2cc3c(C(=O)OC4(C(N)=O)C=C4)cccc3s2)n1)C1CCNCC1. The number of piperidine rings is 1. The molecule has 1 aliphatic carbocycles. The smallest absolute Gasteiger partial charge is 0.340 e. The van der Waals surface area contributed by atoms with Crippen LogP contribution in [0.25, 0.3) is 20.7 Å². The number of aryl methyl sites for hydroxylation is 1. The second-order valence-electron chi connectivity index (χ2n) is 9.08. The summed E-state index contributed by atoms with van der Waals surface area (Å²) in [5, 5.41) is 4.19. The van der Waals surface area contributed by atoms with Crippen LogP contribution in [0.15, 0.2) is 42.6 Å². The Morgan fingerprint density at radius 3 is 2.74 bits per heavy atom. The third kappa shape index (κ3) is 4.53. The highest BCUT2D eigenvalue weighted by Crippen LogP contribution is 2.38. The first kappa shape index (κ1) is 23.4. The van der Waals surface area contributed by atoms with Crippen LogP contribution in [0.2, 0.25) is 0 Å². The van der Waals surface area contributed by atoms with Crippen LogP contribution in [0.4, 0.5) is 5.95 Å². The Kier molecular flexibility index (Phi) is 6.29. The summed E-state index contributed by atoms with van der Waals surface area (Å²) in [7, 11) is 0. The third-order valence-electron chi connectivity index (χ3n) is 6.56. The van der Waals surface area contributed by atoms with Gasteiger partial charge in [0.2, 0.25) is 11.5 Å². The molecule has 3 aromatic rings. The van der Waals surface area contributed by atoms with Gasteiger partial charge < -0.3 is 20.7 Å². The second-order valence-corrected chi connectivity index (χ2v) is 10.2. The van der Waals surface area contributed by atoms with Crippen LogP contribution < -0.4 is 16.0 Å². The molecule has 0 saturated carbocycles. The van der Waals surface area contributed by atoms with Crippen molar-refractivity contribution in [1.82, 2.24) is 15.3 Å². The van der Waals surface area contributed by atoms with E-state index in [-0.39, 0.29) is 0 Å². The zero-order valence-corrected chi connectivity index (χ0v) is 20.7. The van der Waals surface area contributed by atoms with Crippen molar-refractivity contribution in [2.75, 3.05) is 24.5 Å². The van der Waals surface area contributed by atoms with Crippen molar-refractivity contribution in [3.63, 3.8) is 0 Å². The van der Waals surface area contributed by atoms with Gasteiger partial charge >= 0.3 is 5.97 Å². The molecule has 3 N–H and O–H groups in total. The van der Waals surface area contributed by atoms with Gasteiger partial charge in [-0.2, -0.15) is 0 Å². The van der Waals surface area contributed by atoms with Crippen LogP contribution in [-0.2, 0) is 9.53 Å². The lowest BCUT2D eigenvalue weighted by Crippen LogP contribution is -2.44. The number of nitrogens with two attached hydrogens (primary N) is 1. The minimum absolute atomic E-state index is 0.397. The number of hydrogen-bond acceptors (Lipinski definition) is 8. The van der Waals surface area contributed by atoms with Gasteiger partial charge in [0, 0.05) is 28.9 Å². The van der Waals surface area contributed by atoms with E-state index >= 15 is 0 Å². The lowest BCUT2D eigenvalue weighted by atomic mass is 10.0. The average Bonchev–Trinajstić information content (AvgIpc) is 3.52. The zero-order chi connectivity index (χ0) is 24.6. The first-order valence-electron chi connectivity index (χ1n) is 12.0. The topological polar surface area (TPSA) is 110 Å². The van der Waals surface area contributed by atoms with Crippen molar-refractivity contribution in [3.8, 4) is 10.6 Å². The molecule has 0 atom stereocenters. The molecule has 1 aliphatic heterocycles. The summed E-state index contributed by atoms with van der Waals surface area (Å²) in [5.74, 6) is -0.526. The molecule has 9 heteroatoms. The van der Waals surface area contributed by atoms with Crippen LogP contribution in [0.3, 0.4) is 0 Å². The number of nitrogens with one attached hydrogen (secondary N) is 1. The first-order chi connectivity index (χ1) is 16.9. The van der Waals surface area contributed by atoms with E-state index in [0.29, 0.717) is 11.6 Å². The number of fused-ring (bicyclic) bond motifs is 1. The molecule has 1 amide bonds. The number of esters is 1. The molecule has 3 heterocycles. The van der Waals surface area contributed by atoms with E-state index in [0.717, 1.165) is 71.1 Å². The number of aromatic nitrogens is 2. The van der Waals surface area contributed by atoms with Gasteiger partial charge in [0.25, 0.3) is 5.91 Å². The predicted octanol–water partition coefficient (Wildman–Crippen LogP) is 3.59. The molecular formula is C26H29N5O3S. The van der Waals surface area contributed by atoms with Gasteiger partial charge in [0.1, 0.15) is 0 Å². The summed E-state index contributed by atoms with van der Waals surface area (Å²) < 4.78 is 6.37. The van der Waals surface area contributed by atoms with E-state index in [4.69, 9.17) is 20.4 Å². The molecule has 8 nitrogen and oxygen atoms in total. The number of thiophene rings is 1. The Labute approximate surface area is 208 Å². The Hall–Kier alpha value is -3.30. The summed E-state index contributed by atoms with van der Waals surface area (Å²) >= 11 is 1.57. The van der Waals surface area contributed by atoms with Gasteiger partial charge in [-0.3, -0.25) is 4.79 Å². The fourth-order valence-corrected chi connectivity index (χ4v) is 5.69. The zero-order valence-electron chi connectivity index (χ0n) is 19.9. The van der Waals surface area contributed by atoms with Crippen molar-refractivity contribution in [2.24, 2.45) is 5.73 Å². The van der Waals surface area contributed by atoms with Crippen LogP contribution >= 0.6 is 11.3 Å². The van der Waals surface area contributed by atoms with E-state index in [1.54, 1.807) is 17.4 Å². The Morgan fingerprint density at radius 1 is 1.29 bits per heavy atom. The van der Waals surface area contributed by atoms with E-state index in [9.17, 15) is 9.59 Å². The molecule has 0 spiro atoms. The maximum Gasteiger partial charge on any atom is 0.340 e. The summed E-state index contributed by atoms with van der Waals surface area (Å²) in [6.45, 7) is 7.10. The first-order valence-corrected chi connectivity index (χ1v) is 12.8.